The number of para-hydroxylation sites is 1. The van der Waals surface area contributed by atoms with Gasteiger partial charge in [-0.05, 0) is 37.3 Å². The topological polar surface area (TPSA) is 43.8 Å². The van der Waals surface area contributed by atoms with Gasteiger partial charge in [0.15, 0.2) is 0 Å². The van der Waals surface area contributed by atoms with Crippen LogP contribution in [0.2, 0.25) is 0 Å². The van der Waals surface area contributed by atoms with E-state index in [2.05, 4.69) is 29.2 Å². The molecule has 1 atom stereocenters. The number of carboxylic acid groups (broad SMARTS) is 1. The van der Waals surface area contributed by atoms with Crippen molar-refractivity contribution in [3.63, 3.8) is 0 Å². The van der Waals surface area contributed by atoms with Crippen molar-refractivity contribution in [3.05, 3.63) is 29.8 Å². The summed E-state index contributed by atoms with van der Waals surface area (Å²) in [6, 6.07) is 8.92. The van der Waals surface area contributed by atoms with Crippen LogP contribution in [0.4, 0.5) is 10.5 Å². The monoisotopic (exact) mass is 260 g/mol. The molecule has 1 unspecified atom stereocenters. The highest BCUT2D eigenvalue weighted by Crippen LogP contribution is 2.30. The lowest BCUT2D eigenvalue weighted by atomic mass is 10.1. The Balaban J connectivity index is 1.83. The molecule has 0 spiro atoms. The maximum Gasteiger partial charge on any atom is 0.407 e. The third kappa shape index (κ3) is 2.39. The van der Waals surface area contributed by atoms with Crippen molar-refractivity contribution in [2.24, 2.45) is 0 Å². The molecule has 0 aromatic heterocycles. The molecule has 2 aliphatic rings. The van der Waals surface area contributed by atoms with Crippen LogP contribution in [0.5, 0.6) is 0 Å². The van der Waals surface area contributed by atoms with Crippen molar-refractivity contribution in [1.29, 1.82) is 0 Å². The number of likely N-dealkylation sites (tertiary alicyclic amines) is 1. The Hall–Kier alpha value is -1.71. The first kappa shape index (κ1) is 12.3. The second kappa shape index (κ2) is 5.11. The normalized spacial score (nSPS) is 23.1. The van der Waals surface area contributed by atoms with Gasteiger partial charge in [0.05, 0.1) is 0 Å². The van der Waals surface area contributed by atoms with Crippen LogP contribution >= 0.6 is 0 Å². The van der Waals surface area contributed by atoms with Crippen molar-refractivity contribution >= 4 is 11.8 Å². The Bertz CT molecular complexity index is 475. The zero-order chi connectivity index (χ0) is 13.2. The lowest BCUT2D eigenvalue weighted by molar-refractivity contribution is 0.155. The fraction of sp³-hybridized carbons (Fsp3) is 0.533. The molecule has 3 rings (SSSR count). The lowest BCUT2D eigenvalue weighted by Gasteiger charge is -2.31. The Kier molecular flexibility index (Phi) is 3.32. The Morgan fingerprint density at radius 2 is 2.05 bits per heavy atom. The van der Waals surface area contributed by atoms with Gasteiger partial charge in [-0.2, -0.15) is 0 Å². The molecule has 4 heteroatoms. The first-order valence-corrected chi connectivity index (χ1v) is 7.08. The van der Waals surface area contributed by atoms with E-state index in [1.54, 1.807) is 0 Å². The summed E-state index contributed by atoms with van der Waals surface area (Å²) in [6.07, 6.45) is 3.72. The van der Waals surface area contributed by atoms with Crippen LogP contribution in [-0.4, -0.2) is 41.8 Å². The Labute approximate surface area is 113 Å². The van der Waals surface area contributed by atoms with Gasteiger partial charge in [0.25, 0.3) is 0 Å². The highest BCUT2D eigenvalue weighted by atomic mass is 16.4. The molecule has 2 aliphatic heterocycles. The molecule has 1 amide bonds. The van der Waals surface area contributed by atoms with Crippen LogP contribution in [0.1, 0.15) is 24.8 Å². The maximum absolute atomic E-state index is 11.1. The molecule has 1 aromatic rings. The average Bonchev–Trinajstić information content (AvgIpc) is 2.80. The van der Waals surface area contributed by atoms with Crippen molar-refractivity contribution in [2.75, 3.05) is 24.5 Å². The predicted molar refractivity (Wildman–Crippen MR) is 74.7 cm³/mol. The molecule has 0 aliphatic carbocycles. The summed E-state index contributed by atoms with van der Waals surface area (Å²) in [5.41, 5.74) is 2.73. The van der Waals surface area contributed by atoms with E-state index in [4.69, 9.17) is 5.11 Å². The molecule has 1 saturated heterocycles. The van der Waals surface area contributed by atoms with Gasteiger partial charge < -0.3 is 14.9 Å². The summed E-state index contributed by atoms with van der Waals surface area (Å²) in [7, 11) is 0. The first-order valence-electron chi connectivity index (χ1n) is 7.08. The largest absolute Gasteiger partial charge is 0.465 e. The molecule has 1 fully saturated rings. The Morgan fingerprint density at radius 3 is 2.84 bits per heavy atom. The molecule has 1 aromatic carbocycles. The second-order valence-corrected chi connectivity index (χ2v) is 5.45. The molecule has 1 N–H and O–H groups in total. The number of benzene rings is 1. The van der Waals surface area contributed by atoms with Crippen molar-refractivity contribution in [2.45, 2.75) is 31.7 Å². The summed E-state index contributed by atoms with van der Waals surface area (Å²) in [6.45, 7) is 2.36. The molecular weight excluding hydrogens is 240 g/mol. The minimum Gasteiger partial charge on any atom is -0.465 e. The fourth-order valence-electron chi connectivity index (χ4n) is 3.27. The van der Waals surface area contributed by atoms with E-state index in [1.165, 1.54) is 29.0 Å². The summed E-state index contributed by atoms with van der Waals surface area (Å²) in [4.78, 5) is 15.0. The van der Waals surface area contributed by atoms with E-state index >= 15 is 0 Å². The molecular formula is C15H20N2O2. The van der Waals surface area contributed by atoms with Gasteiger partial charge in [-0.1, -0.05) is 18.2 Å². The van der Waals surface area contributed by atoms with Crippen LogP contribution in [0.3, 0.4) is 0 Å². The third-order valence-corrected chi connectivity index (χ3v) is 4.27. The summed E-state index contributed by atoms with van der Waals surface area (Å²) < 4.78 is 0. The first-order chi connectivity index (χ1) is 9.25. The molecule has 19 heavy (non-hydrogen) atoms. The molecule has 102 valence electrons. The summed E-state index contributed by atoms with van der Waals surface area (Å²) >= 11 is 0. The van der Waals surface area contributed by atoms with Gasteiger partial charge in [0.2, 0.25) is 0 Å². The number of amides is 1. The highest BCUT2D eigenvalue weighted by Gasteiger charge is 2.31. The zero-order valence-electron chi connectivity index (χ0n) is 11.1. The fourth-order valence-corrected chi connectivity index (χ4v) is 3.27. The lowest BCUT2D eigenvalue weighted by Crippen LogP contribution is -2.39. The standard InChI is InChI=1S/C15H20N2O2/c18-15(19)16-10-8-13(11-16)17-9-4-3-6-12-5-1-2-7-14(12)17/h1-2,5,7,13H,3-4,6,8-11H2,(H,18,19). The van der Waals surface area contributed by atoms with E-state index in [9.17, 15) is 4.79 Å². The van der Waals surface area contributed by atoms with Crippen LogP contribution in [-0.2, 0) is 6.42 Å². The molecule has 0 saturated carbocycles. The van der Waals surface area contributed by atoms with Gasteiger partial charge >= 0.3 is 6.09 Å². The molecule has 2 heterocycles. The minimum atomic E-state index is -0.786. The van der Waals surface area contributed by atoms with E-state index in [-0.39, 0.29) is 0 Å². The number of aryl methyl sites for hydroxylation is 1. The molecule has 0 bridgehead atoms. The average molecular weight is 260 g/mol. The van der Waals surface area contributed by atoms with Crippen molar-refractivity contribution in [3.8, 4) is 0 Å². The van der Waals surface area contributed by atoms with Crippen molar-refractivity contribution in [1.82, 2.24) is 4.90 Å². The van der Waals surface area contributed by atoms with Gasteiger partial charge in [-0.25, -0.2) is 4.79 Å². The quantitative estimate of drug-likeness (QED) is 0.844. The zero-order valence-corrected chi connectivity index (χ0v) is 11.1. The maximum atomic E-state index is 11.1. The number of rotatable bonds is 1. The summed E-state index contributed by atoms with van der Waals surface area (Å²) in [5, 5.41) is 9.09. The molecule has 4 nitrogen and oxygen atoms in total. The van der Waals surface area contributed by atoms with Gasteiger partial charge in [0.1, 0.15) is 0 Å². The number of fused-ring (bicyclic) bond motifs is 1. The number of hydrogen-bond acceptors (Lipinski definition) is 2. The van der Waals surface area contributed by atoms with Crippen molar-refractivity contribution < 1.29 is 9.90 Å². The van der Waals surface area contributed by atoms with Gasteiger partial charge in [-0.3, -0.25) is 0 Å². The molecule has 0 radical (unpaired) electrons. The smallest absolute Gasteiger partial charge is 0.407 e. The van der Waals surface area contributed by atoms with Crippen LogP contribution in [0, 0.1) is 0 Å². The third-order valence-electron chi connectivity index (χ3n) is 4.27. The van der Waals surface area contributed by atoms with E-state index < -0.39 is 6.09 Å². The second-order valence-electron chi connectivity index (χ2n) is 5.45. The Morgan fingerprint density at radius 1 is 1.21 bits per heavy atom. The number of hydrogen-bond donors (Lipinski definition) is 1. The van der Waals surface area contributed by atoms with Crippen LogP contribution in [0.15, 0.2) is 24.3 Å². The minimum absolute atomic E-state index is 0.343. The number of carbonyl (C=O) groups is 1. The predicted octanol–water partition coefficient (Wildman–Crippen LogP) is 2.58. The number of anilines is 1. The summed E-state index contributed by atoms with van der Waals surface area (Å²) in [5.74, 6) is 0. The highest BCUT2D eigenvalue weighted by molar-refractivity contribution is 5.66. The van der Waals surface area contributed by atoms with Gasteiger partial charge in [-0.15, -0.1) is 0 Å². The van der Waals surface area contributed by atoms with E-state index in [1.807, 2.05) is 0 Å². The van der Waals surface area contributed by atoms with E-state index in [0.29, 0.717) is 19.1 Å². The van der Waals surface area contributed by atoms with Crippen LogP contribution in [0.25, 0.3) is 0 Å². The SMILES string of the molecule is O=C(O)N1CCC(N2CCCCc3ccccc32)C1. The van der Waals surface area contributed by atoms with Crippen LogP contribution < -0.4 is 4.90 Å². The van der Waals surface area contributed by atoms with E-state index in [0.717, 1.165) is 19.4 Å². The van der Waals surface area contributed by atoms with Gasteiger partial charge in [0, 0.05) is 31.4 Å². The number of nitrogens with zero attached hydrogens (tertiary/aromatic N) is 2.